The third kappa shape index (κ3) is 2.77. The number of amides is 1. The molecule has 1 amide bonds. The van der Waals surface area contributed by atoms with Crippen LogP contribution in [0.3, 0.4) is 0 Å². The predicted octanol–water partition coefficient (Wildman–Crippen LogP) is 1.96. The highest BCUT2D eigenvalue weighted by atomic mass is 32.2. The number of thiophene rings is 1. The van der Waals surface area contributed by atoms with Gasteiger partial charge in [0.15, 0.2) is 0 Å². The molecule has 0 radical (unpaired) electrons. The molecule has 7 heteroatoms. The van der Waals surface area contributed by atoms with E-state index >= 15 is 0 Å². The molecular weight excluding hydrogens is 284 g/mol. The molecule has 5 nitrogen and oxygen atoms in total. The molecule has 0 aliphatic carbocycles. The minimum atomic E-state index is -3.62. The fourth-order valence-corrected chi connectivity index (χ4v) is 3.74. The Morgan fingerprint density at radius 1 is 1.26 bits per heavy atom. The summed E-state index contributed by atoms with van der Waals surface area (Å²) in [7, 11) is -3.62. The Kier molecular flexibility index (Phi) is 3.59. The highest BCUT2D eigenvalue weighted by Crippen LogP contribution is 2.24. The third-order valence-corrected chi connectivity index (χ3v) is 5.37. The van der Waals surface area contributed by atoms with Crippen LogP contribution in [0.25, 0.3) is 0 Å². The van der Waals surface area contributed by atoms with Gasteiger partial charge in [0, 0.05) is 5.56 Å². The molecule has 1 heterocycles. The van der Waals surface area contributed by atoms with Crippen molar-refractivity contribution in [2.45, 2.75) is 11.1 Å². The number of rotatable bonds is 4. The van der Waals surface area contributed by atoms with Crippen LogP contribution in [0.5, 0.6) is 0 Å². The average Bonchev–Trinajstić information content (AvgIpc) is 2.85. The number of sulfonamides is 1. The van der Waals surface area contributed by atoms with Crippen molar-refractivity contribution in [3.05, 3.63) is 46.8 Å². The molecule has 0 aliphatic rings. The Morgan fingerprint density at radius 3 is 2.58 bits per heavy atom. The second-order valence-corrected chi connectivity index (χ2v) is 6.74. The van der Waals surface area contributed by atoms with Gasteiger partial charge in [0.2, 0.25) is 5.91 Å². The van der Waals surface area contributed by atoms with Crippen LogP contribution in [0, 0.1) is 6.92 Å². The normalized spacial score (nSPS) is 11.2. The molecule has 100 valence electrons. The summed E-state index contributed by atoms with van der Waals surface area (Å²) in [5.74, 6) is -0.588. The first-order chi connectivity index (χ1) is 8.92. The molecule has 0 fully saturated rings. The molecule has 1 aromatic carbocycles. The van der Waals surface area contributed by atoms with Gasteiger partial charge in [-0.25, -0.2) is 8.42 Å². The topological polar surface area (TPSA) is 89.3 Å². The van der Waals surface area contributed by atoms with E-state index in [0.29, 0.717) is 16.8 Å². The van der Waals surface area contributed by atoms with Gasteiger partial charge < -0.3 is 5.73 Å². The van der Waals surface area contributed by atoms with E-state index in [4.69, 9.17) is 5.73 Å². The zero-order valence-electron chi connectivity index (χ0n) is 10.1. The number of hydrogen-bond donors (Lipinski definition) is 2. The van der Waals surface area contributed by atoms with E-state index in [1.165, 1.54) is 6.07 Å². The lowest BCUT2D eigenvalue weighted by atomic mass is 10.1. The van der Waals surface area contributed by atoms with Crippen molar-refractivity contribution in [3.63, 3.8) is 0 Å². The monoisotopic (exact) mass is 296 g/mol. The van der Waals surface area contributed by atoms with Crippen molar-refractivity contribution in [1.82, 2.24) is 0 Å². The zero-order chi connectivity index (χ0) is 14.0. The maximum absolute atomic E-state index is 12.1. The number of carbonyl (C=O) groups is 1. The van der Waals surface area contributed by atoms with Gasteiger partial charge in [0.05, 0.1) is 5.69 Å². The molecule has 0 saturated heterocycles. The summed E-state index contributed by atoms with van der Waals surface area (Å²) in [6, 6.07) is 7.90. The lowest BCUT2D eigenvalue weighted by Gasteiger charge is -2.11. The highest BCUT2D eigenvalue weighted by Gasteiger charge is 2.17. The fourth-order valence-electron chi connectivity index (χ4n) is 1.62. The number of primary amides is 1. The summed E-state index contributed by atoms with van der Waals surface area (Å²) < 4.78 is 26.8. The van der Waals surface area contributed by atoms with Crippen LogP contribution >= 0.6 is 11.3 Å². The molecule has 2 rings (SSSR count). The standard InChI is InChI=1S/C12H12N2O3S2/c1-8-9(12(13)15)4-2-5-10(8)14-19(16,17)11-6-3-7-18-11/h2-7,14H,1H3,(H2,13,15). The summed E-state index contributed by atoms with van der Waals surface area (Å²) >= 11 is 1.12. The van der Waals surface area contributed by atoms with Gasteiger partial charge in [-0.1, -0.05) is 12.1 Å². The molecule has 19 heavy (non-hydrogen) atoms. The van der Waals surface area contributed by atoms with Crippen molar-refractivity contribution < 1.29 is 13.2 Å². The van der Waals surface area contributed by atoms with E-state index < -0.39 is 15.9 Å². The van der Waals surface area contributed by atoms with Crippen molar-refractivity contribution in [2.75, 3.05) is 4.72 Å². The quantitative estimate of drug-likeness (QED) is 0.903. The first kappa shape index (κ1) is 13.6. The Morgan fingerprint density at radius 2 is 2.00 bits per heavy atom. The Bertz CT molecular complexity index is 707. The van der Waals surface area contributed by atoms with Crippen LogP contribution in [0.4, 0.5) is 5.69 Å². The summed E-state index contributed by atoms with van der Waals surface area (Å²) in [6.45, 7) is 1.65. The van der Waals surface area contributed by atoms with Crippen LogP contribution in [0.2, 0.25) is 0 Å². The molecular formula is C12H12N2O3S2. The maximum atomic E-state index is 12.1. The van der Waals surface area contributed by atoms with E-state index in [1.54, 1.807) is 36.6 Å². The van der Waals surface area contributed by atoms with Crippen molar-refractivity contribution in [2.24, 2.45) is 5.73 Å². The highest BCUT2D eigenvalue weighted by molar-refractivity contribution is 7.94. The van der Waals surface area contributed by atoms with E-state index in [9.17, 15) is 13.2 Å². The SMILES string of the molecule is Cc1c(NS(=O)(=O)c2cccs2)cccc1C(N)=O. The molecule has 1 aromatic heterocycles. The largest absolute Gasteiger partial charge is 0.366 e. The number of carbonyl (C=O) groups excluding carboxylic acids is 1. The van der Waals surface area contributed by atoms with Gasteiger partial charge in [-0.2, -0.15) is 0 Å². The van der Waals surface area contributed by atoms with E-state index in [2.05, 4.69) is 4.72 Å². The first-order valence-electron chi connectivity index (χ1n) is 5.37. The smallest absolute Gasteiger partial charge is 0.271 e. The van der Waals surface area contributed by atoms with Gasteiger partial charge in [-0.05, 0) is 36.1 Å². The molecule has 3 N–H and O–H groups in total. The summed E-state index contributed by atoms with van der Waals surface area (Å²) in [4.78, 5) is 11.2. The lowest BCUT2D eigenvalue weighted by Crippen LogP contribution is -2.16. The third-order valence-electron chi connectivity index (χ3n) is 2.60. The molecule has 0 aliphatic heterocycles. The van der Waals surface area contributed by atoms with Gasteiger partial charge >= 0.3 is 0 Å². The fraction of sp³-hybridized carbons (Fsp3) is 0.0833. The Hall–Kier alpha value is -1.86. The van der Waals surface area contributed by atoms with Gasteiger partial charge in [0.25, 0.3) is 10.0 Å². The second kappa shape index (κ2) is 5.02. The number of hydrogen-bond acceptors (Lipinski definition) is 4. The van der Waals surface area contributed by atoms with Crippen LogP contribution in [-0.4, -0.2) is 14.3 Å². The number of nitrogens with two attached hydrogens (primary N) is 1. The summed E-state index contributed by atoms with van der Waals surface area (Å²) in [5.41, 5.74) is 6.39. The average molecular weight is 296 g/mol. The lowest BCUT2D eigenvalue weighted by molar-refractivity contribution is 0.0999. The van der Waals surface area contributed by atoms with Crippen LogP contribution in [0.15, 0.2) is 39.9 Å². The van der Waals surface area contributed by atoms with E-state index in [-0.39, 0.29) is 4.21 Å². The molecule has 2 aromatic rings. The number of nitrogens with one attached hydrogen (secondary N) is 1. The zero-order valence-corrected chi connectivity index (χ0v) is 11.7. The van der Waals surface area contributed by atoms with E-state index in [1.807, 2.05) is 0 Å². The second-order valence-electron chi connectivity index (χ2n) is 3.88. The minimum absolute atomic E-state index is 0.219. The number of anilines is 1. The van der Waals surface area contributed by atoms with Crippen LogP contribution in [-0.2, 0) is 10.0 Å². The molecule has 0 bridgehead atoms. The molecule has 0 spiro atoms. The van der Waals surface area contributed by atoms with Crippen molar-refractivity contribution in [3.8, 4) is 0 Å². The van der Waals surface area contributed by atoms with Crippen molar-refractivity contribution in [1.29, 1.82) is 0 Å². The predicted molar refractivity (Wildman–Crippen MR) is 74.8 cm³/mol. The minimum Gasteiger partial charge on any atom is -0.366 e. The van der Waals surface area contributed by atoms with Crippen LogP contribution < -0.4 is 10.5 Å². The van der Waals surface area contributed by atoms with Crippen molar-refractivity contribution >= 4 is 33.0 Å². The number of benzene rings is 1. The van der Waals surface area contributed by atoms with Gasteiger partial charge in [0.1, 0.15) is 4.21 Å². The Labute approximate surface area is 115 Å². The molecule has 0 unspecified atom stereocenters. The first-order valence-corrected chi connectivity index (χ1v) is 7.74. The summed E-state index contributed by atoms with van der Waals surface area (Å²) in [6.07, 6.45) is 0. The molecule has 0 saturated carbocycles. The maximum Gasteiger partial charge on any atom is 0.271 e. The van der Waals surface area contributed by atoms with Gasteiger partial charge in [-0.3, -0.25) is 9.52 Å². The molecule has 0 atom stereocenters. The Balaban J connectivity index is 2.40. The van der Waals surface area contributed by atoms with E-state index in [0.717, 1.165) is 11.3 Å². The van der Waals surface area contributed by atoms with Gasteiger partial charge in [-0.15, -0.1) is 11.3 Å². The van der Waals surface area contributed by atoms with Crippen LogP contribution in [0.1, 0.15) is 15.9 Å². The summed E-state index contributed by atoms with van der Waals surface area (Å²) in [5, 5.41) is 1.68.